The number of anilines is 2. The van der Waals surface area contributed by atoms with Crippen molar-refractivity contribution in [2.24, 2.45) is 5.92 Å². The third-order valence-corrected chi connectivity index (χ3v) is 3.93. The van der Waals surface area contributed by atoms with Crippen LogP contribution in [0.4, 0.5) is 11.5 Å². The van der Waals surface area contributed by atoms with Crippen LogP contribution in [0.1, 0.15) is 26.0 Å². The van der Waals surface area contributed by atoms with E-state index in [0.717, 1.165) is 30.2 Å². The number of hydrogen-bond acceptors (Lipinski definition) is 4. The molecule has 23 heavy (non-hydrogen) atoms. The van der Waals surface area contributed by atoms with E-state index in [4.69, 9.17) is 0 Å². The Morgan fingerprint density at radius 2 is 2.04 bits per heavy atom. The third kappa shape index (κ3) is 3.86. The van der Waals surface area contributed by atoms with Gasteiger partial charge < -0.3 is 10.2 Å². The van der Waals surface area contributed by atoms with Gasteiger partial charge in [0.2, 0.25) is 5.91 Å². The molecule has 1 atom stereocenters. The van der Waals surface area contributed by atoms with Crippen molar-refractivity contribution in [3.05, 3.63) is 48.4 Å². The van der Waals surface area contributed by atoms with E-state index in [1.54, 1.807) is 6.33 Å². The van der Waals surface area contributed by atoms with E-state index < -0.39 is 0 Å². The van der Waals surface area contributed by atoms with Crippen LogP contribution < -0.4 is 10.2 Å². The maximum Gasteiger partial charge on any atom is 0.227 e. The summed E-state index contributed by atoms with van der Waals surface area (Å²) in [5, 5.41) is 3.28. The van der Waals surface area contributed by atoms with Crippen molar-refractivity contribution in [3.8, 4) is 0 Å². The molecule has 1 amide bonds. The number of rotatable bonds is 5. The molecule has 1 aliphatic heterocycles. The molecule has 2 heterocycles. The maximum atomic E-state index is 12.3. The monoisotopic (exact) mass is 310 g/mol. The maximum absolute atomic E-state index is 12.3. The average molecular weight is 310 g/mol. The van der Waals surface area contributed by atoms with Gasteiger partial charge in [-0.25, -0.2) is 9.97 Å². The summed E-state index contributed by atoms with van der Waals surface area (Å²) in [6.45, 7) is 4.91. The van der Waals surface area contributed by atoms with Crippen LogP contribution in [0.3, 0.4) is 0 Å². The summed E-state index contributed by atoms with van der Waals surface area (Å²) in [6, 6.07) is 12.2. The Hall–Kier alpha value is -2.43. The first-order valence-electron chi connectivity index (χ1n) is 8.04. The molecule has 1 aliphatic rings. The van der Waals surface area contributed by atoms with E-state index in [1.807, 2.05) is 41.3 Å². The van der Waals surface area contributed by atoms with Crippen molar-refractivity contribution < 1.29 is 4.79 Å². The minimum atomic E-state index is 0.191. The molecule has 0 spiro atoms. The second-order valence-corrected chi connectivity index (χ2v) is 6.31. The highest BCUT2D eigenvalue weighted by Crippen LogP contribution is 2.27. The molecule has 120 valence electrons. The fraction of sp³-hybridized carbons (Fsp3) is 0.389. The molecule has 2 aromatic rings. The molecule has 0 unspecified atom stereocenters. The van der Waals surface area contributed by atoms with E-state index in [1.165, 1.54) is 0 Å². The molecule has 5 nitrogen and oxygen atoms in total. The fourth-order valence-corrected chi connectivity index (χ4v) is 2.96. The van der Waals surface area contributed by atoms with Gasteiger partial charge >= 0.3 is 0 Å². The normalized spacial score (nSPS) is 17.8. The van der Waals surface area contributed by atoms with Crippen LogP contribution in [0.15, 0.2) is 42.7 Å². The van der Waals surface area contributed by atoms with Crippen LogP contribution in [0.25, 0.3) is 0 Å². The van der Waals surface area contributed by atoms with Gasteiger partial charge in [-0.05, 0) is 38.3 Å². The van der Waals surface area contributed by atoms with Crippen molar-refractivity contribution in [1.29, 1.82) is 0 Å². The lowest BCUT2D eigenvalue weighted by Gasteiger charge is -2.16. The third-order valence-electron chi connectivity index (χ3n) is 3.93. The fourth-order valence-electron chi connectivity index (χ4n) is 2.96. The minimum absolute atomic E-state index is 0.191. The van der Waals surface area contributed by atoms with Crippen LogP contribution >= 0.6 is 0 Å². The zero-order valence-electron chi connectivity index (χ0n) is 13.6. The molecule has 0 saturated carbocycles. The van der Waals surface area contributed by atoms with Crippen LogP contribution in [-0.4, -0.2) is 28.5 Å². The van der Waals surface area contributed by atoms with Crippen LogP contribution in [0.2, 0.25) is 0 Å². The Labute approximate surface area is 136 Å². The van der Waals surface area contributed by atoms with Crippen molar-refractivity contribution in [3.63, 3.8) is 0 Å². The highest BCUT2D eigenvalue weighted by Gasteiger charge is 2.30. The van der Waals surface area contributed by atoms with E-state index in [9.17, 15) is 4.79 Å². The van der Waals surface area contributed by atoms with Crippen molar-refractivity contribution in [2.75, 3.05) is 16.8 Å². The Morgan fingerprint density at radius 1 is 1.26 bits per heavy atom. The first kappa shape index (κ1) is 15.5. The zero-order valence-corrected chi connectivity index (χ0v) is 13.6. The van der Waals surface area contributed by atoms with Crippen molar-refractivity contribution in [1.82, 2.24) is 9.97 Å². The lowest BCUT2D eigenvalue weighted by atomic mass is 10.0. The summed E-state index contributed by atoms with van der Waals surface area (Å²) in [5.41, 5.74) is 1.96. The quantitative estimate of drug-likeness (QED) is 0.922. The average Bonchev–Trinajstić information content (AvgIpc) is 2.88. The topological polar surface area (TPSA) is 58.1 Å². The van der Waals surface area contributed by atoms with Gasteiger partial charge in [-0.15, -0.1) is 0 Å². The van der Waals surface area contributed by atoms with Crippen molar-refractivity contribution in [2.45, 2.75) is 32.7 Å². The SMILES string of the molecule is CC(C)Nc1cc(C[C@H]2CC(=O)N(c3ccccc3)C2)ncn1. The predicted molar refractivity (Wildman–Crippen MR) is 91.4 cm³/mol. The molecule has 1 aromatic heterocycles. The highest BCUT2D eigenvalue weighted by molar-refractivity contribution is 5.95. The number of aromatic nitrogens is 2. The summed E-state index contributed by atoms with van der Waals surface area (Å²) in [6.07, 6.45) is 2.96. The van der Waals surface area contributed by atoms with E-state index >= 15 is 0 Å². The molecule has 0 radical (unpaired) electrons. The van der Waals surface area contributed by atoms with E-state index in [-0.39, 0.29) is 5.91 Å². The highest BCUT2D eigenvalue weighted by atomic mass is 16.2. The second-order valence-electron chi connectivity index (χ2n) is 6.31. The summed E-state index contributed by atoms with van der Waals surface area (Å²) in [5.74, 6) is 1.33. The van der Waals surface area contributed by atoms with Gasteiger partial charge in [-0.3, -0.25) is 4.79 Å². The molecule has 5 heteroatoms. The predicted octanol–water partition coefficient (Wildman–Crippen LogP) is 2.89. The smallest absolute Gasteiger partial charge is 0.227 e. The van der Waals surface area contributed by atoms with Gasteiger partial charge in [0, 0.05) is 36.5 Å². The molecule has 1 saturated heterocycles. The van der Waals surface area contributed by atoms with Gasteiger partial charge in [0.05, 0.1) is 0 Å². The number of nitrogens with zero attached hydrogens (tertiary/aromatic N) is 3. The summed E-state index contributed by atoms with van der Waals surface area (Å²) in [4.78, 5) is 22.7. The number of hydrogen-bond donors (Lipinski definition) is 1. The summed E-state index contributed by atoms with van der Waals surface area (Å²) in [7, 11) is 0. The number of para-hydroxylation sites is 1. The molecule has 3 rings (SSSR count). The molecular formula is C18H22N4O. The number of amides is 1. The van der Waals surface area contributed by atoms with Crippen LogP contribution in [0.5, 0.6) is 0 Å². The molecule has 0 bridgehead atoms. The Kier molecular flexibility index (Phi) is 4.55. The van der Waals surface area contributed by atoms with Gasteiger partial charge in [0.25, 0.3) is 0 Å². The van der Waals surface area contributed by atoms with E-state index in [0.29, 0.717) is 18.4 Å². The van der Waals surface area contributed by atoms with Crippen LogP contribution in [-0.2, 0) is 11.2 Å². The van der Waals surface area contributed by atoms with Crippen LogP contribution in [0, 0.1) is 5.92 Å². The molecule has 1 N–H and O–H groups in total. The molecule has 0 aliphatic carbocycles. The van der Waals surface area contributed by atoms with Gasteiger partial charge in [-0.1, -0.05) is 18.2 Å². The number of nitrogens with one attached hydrogen (secondary N) is 1. The number of carbonyl (C=O) groups excluding carboxylic acids is 1. The largest absolute Gasteiger partial charge is 0.368 e. The van der Waals surface area contributed by atoms with E-state index in [2.05, 4.69) is 29.1 Å². The minimum Gasteiger partial charge on any atom is -0.368 e. The Balaban J connectivity index is 1.67. The number of benzene rings is 1. The van der Waals surface area contributed by atoms with Gasteiger partial charge in [0.15, 0.2) is 0 Å². The van der Waals surface area contributed by atoms with Crippen molar-refractivity contribution >= 4 is 17.4 Å². The van der Waals surface area contributed by atoms with Gasteiger partial charge in [0.1, 0.15) is 12.1 Å². The molecule has 1 fully saturated rings. The Bertz CT molecular complexity index is 672. The standard InChI is InChI=1S/C18H22N4O/c1-13(2)21-17-10-15(19-12-20-17)8-14-9-18(23)22(11-14)16-6-4-3-5-7-16/h3-7,10,12-14H,8-9,11H2,1-2H3,(H,19,20,21)/t14-/m0/s1. The Morgan fingerprint density at radius 3 is 2.78 bits per heavy atom. The lowest BCUT2D eigenvalue weighted by molar-refractivity contribution is -0.117. The van der Waals surface area contributed by atoms with Gasteiger partial charge in [-0.2, -0.15) is 0 Å². The number of carbonyl (C=O) groups is 1. The summed E-state index contributed by atoms with van der Waals surface area (Å²) < 4.78 is 0. The molecular weight excluding hydrogens is 288 g/mol. The first-order chi connectivity index (χ1) is 11.1. The second kappa shape index (κ2) is 6.77. The summed E-state index contributed by atoms with van der Waals surface area (Å²) >= 11 is 0. The zero-order chi connectivity index (χ0) is 16.2. The lowest BCUT2D eigenvalue weighted by Crippen LogP contribution is -2.24. The molecule has 1 aromatic carbocycles. The first-order valence-corrected chi connectivity index (χ1v) is 8.04.